The molecule has 10 heteroatoms. The van der Waals surface area contributed by atoms with E-state index in [1.165, 1.54) is 0 Å². The first-order valence-corrected chi connectivity index (χ1v) is 11.8. The highest BCUT2D eigenvalue weighted by atomic mass is 127. The van der Waals surface area contributed by atoms with Gasteiger partial charge in [-0.2, -0.15) is 4.98 Å². The van der Waals surface area contributed by atoms with Gasteiger partial charge in [0.1, 0.15) is 5.69 Å². The third-order valence-corrected chi connectivity index (χ3v) is 5.88. The third-order valence-electron chi connectivity index (χ3n) is 5.88. The van der Waals surface area contributed by atoms with Crippen LogP contribution in [0.5, 0.6) is 0 Å². The van der Waals surface area contributed by atoms with Crippen molar-refractivity contribution in [1.82, 2.24) is 30.7 Å². The highest BCUT2D eigenvalue weighted by Crippen LogP contribution is 2.20. The summed E-state index contributed by atoms with van der Waals surface area (Å²) in [5, 5.41) is 10.8. The summed E-state index contributed by atoms with van der Waals surface area (Å²) in [6.07, 6.45) is 4.68. The van der Waals surface area contributed by atoms with Crippen molar-refractivity contribution in [3.63, 3.8) is 0 Å². The van der Waals surface area contributed by atoms with Crippen molar-refractivity contribution in [2.24, 2.45) is 10.9 Å². The fraction of sp³-hybridized carbons (Fsp3) is 0.652. The molecule has 2 aromatic heterocycles. The monoisotopic (exact) mass is 571 g/mol. The van der Waals surface area contributed by atoms with E-state index >= 15 is 0 Å². The lowest BCUT2D eigenvalue weighted by Gasteiger charge is -2.38. The third kappa shape index (κ3) is 8.49. The van der Waals surface area contributed by atoms with E-state index in [4.69, 9.17) is 14.3 Å². The zero-order valence-corrected chi connectivity index (χ0v) is 22.3. The standard InChI is InChI=1S/C23H37N7O2.HI/c1-4-18(5-2)20(30-13-15-31-16-14-30)17-27-23(24-6-3)26-12-10-21-28-22(32-29-21)19-9-7-8-11-25-19;/h7-9,11,18,20H,4-6,10,12-17H2,1-3H3,(H2,24,26,27);1H. The van der Waals surface area contributed by atoms with Crippen LogP contribution in [0.3, 0.4) is 0 Å². The van der Waals surface area contributed by atoms with Crippen LogP contribution < -0.4 is 10.6 Å². The lowest BCUT2D eigenvalue weighted by Crippen LogP contribution is -2.49. The smallest absolute Gasteiger partial charge is 0.276 e. The summed E-state index contributed by atoms with van der Waals surface area (Å²) in [6, 6.07) is 6.05. The van der Waals surface area contributed by atoms with Gasteiger partial charge in [-0.25, -0.2) is 0 Å². The fourth-order valence-corrected chi connectivity index (χ4v) is 4.07. The maximum Gasteiger partial charge on any atom is 0.276 e. The zero-order valence-electron chi connectivity index (χ0n) is 20.0. The Hall–Kier alpha value is -1.79. The molecule has 0 amide bonds. The van der Waals surface area contributed by atoms with Crippen LogP contribution in [0.15, 0.2) is 33.9 Å². The van der Waals surface area contributed by atoms with Gasteiger partial charge in [0.2, 0.25) is 0 Å². The van der Waals surface area contributed by atoms with Crippen molar-refractivity contribution in [2.45, 2.75) is 46.1 Å². The number of halogens is 1. The molecule has 33 heavy (non-hydrogen) atoms. The molecule has 1 atom stereocenters. The average Bonchev–Trinajstić information content (AvgIpc) is 3.32. The number of nitrogens with one attached hydrogen (secondary N) is 2. The summed E-state index contributed by atoms with van der Waals surface area (Å²) in [7, 11) is 0. The molecule has 0 bridgehead atoms. The van der Waals surface area contributed by atoms with Crippen LogP contribution in [0.1, 0.15) is 39.4 Å². The number of aliphatic imine (C=N–C) groups is 1. The maximum atomic E-state index is 5.56. The van der Waals surface area contributed by atoms with Gasteiger partial charge in [0.05, 0.1) is 19.8 Å². The number of aromatic nitrogens is 3. The Morgan fingerprint density at radius 1 is 1.15 bits per heavy atom. The molecule has 1 aliphatic rings. The van der Waals surface area contributed by atoms with Gasteiger partial charge in [-0.05, 0) is 25.0 Å². The predicted molar refractivity (Wildman–Crippen MR) is 141 cm³/mol. The molecule has 0 aromatic carbocycles. The molecule has 1 fully saturated rings. The molecule has 184 valence electrons. The summed E-state index contributed by atoms with van der Waals surface area (Å²) in [4.78, 5) is 16.2. The van der Waals surface area contributed by atoms with Gasteiger partial charge in [0.25, 0.3) is 5.89 Å². The van der Waals surface area contributed by atoms with Crippen LogP contribution in [0.4, 0.5) is 0 Å². The van der Waals surface area contributed by atoms with Gasteiger partial charge < -0.3 is 19.9 Å². The van der Waals surface area contributed by atoms with E-state index in [1.807, 2.05) is 18.2 Å². The molecule has 0 saturated carbocycles. The highest BCUT2D eigenvalue weighted by Gasteiger charge is 2.26. The second-order valence-electron chi connectivity index (χ2n) is 7.92. The Morgan fingerprint density at radius 2 is 1.94 bits per heavy atom. The Labute approximate surface area is 214 Å². The average molecular weight is 572 g/mol. The topological polar surface area (TPSA) is 101 Å². The molecular formula is C23H38IN7O2. The normalized spacial score (nSPS) is 15.8. The van der Waals surface area contributed by atoms with Gasteiger partial charge in [0.15, 0.2) is 11.8 Å². The van der Waals surface area contributed by atoms with Crippen LogP contribution in [-0.4, -0.2) is 78.0 Å². The minimum absolute atomic E-state index is 0. The van der Waals surface area contributed by atoms with Crippen molar-refractivity contribution in [1.29, 1.82) is 0 Å². The molecule has 3 rings (SSSR count). The van der Waals surface area contributed by atoms with E-state index in [0.29, 0.717) is 42.3 Å². The van der Waals surface area contributed by atoms with Crippen molar-refractivity contribution in [3.8, 4) is 11.6 Å². The molecule has 0 radical (unpaired) electrons. The van der Waals surface area contributed by atoms with Crippen molar-refractivity contribution in [3.05, 3.63) is 30.2 Å². The molecule has 0 spiro atoms. The van der Waals surface area contributed by atoms with Crippen molar-refractivity contribution < 1.29 is 9.26 Å². The predicted octanol–water partition coefficient (Wildman–Crippen LogP) is 2.98. The number of hydrogen-bond acceptors (Lipinski definition) is 7. The van der Waals surface area contributed by atoms with Crippen LogP contribution in [0, 0.1) is 5.92 Å². The fourth-order valence-electron chi connectivity index (χ4n) is 4.07. The minimum Gasteiger partial charge on any atom is -0.379 e. The zero-order chi connectivity index (χ0) is 22.6. The maximum absolute atomic E-state index is 5.56. The molecule has 1 aliphatic heterocycles. The summed E-state index contributed by atoms with van der Waals surface area (Å²) < 4.78 is 10.9. The van der Waals surface area contributed by atoms with Crippen LogP contribution in [0.2, 0.25) is 0 Å². The highest BCUT2D eigenvalue weighted by molar-refractivity contribution is 14.0. The lowest BCUT2D eigenvalue weighted by atomic mass is 9.92. The Kier molecular flexibility index (Phi) is 12.6. The van der Waals surface area contributed by atoms with E-state index < -0.39 is 0 Å². The second kappa shape index (κ2) is 15.2. The molecule has 2 aromatic rings. The molecule has 1 saturated heterocycles. The van der Waals surface area contributed by atoms with Crippen molar-refractivity contribution in [2.75, 3.05) is 45.9 Å². The minimum atomic E-state index is 0. The molecule has 1 unspecified atom stereocenters. The van der Waals surface area contributed by atoms with E-state index in [-0.39, 0.29) is 24.0 Å². The number of rotatable bonds is 11. The number of hydrogen-bond donors (Lipinski definition) is 2. The van der Waals surface area contributed by atoms with Gasteiger partial charge in [-0.15, -0.1) is 24.0 Å². The first-order valence-electron chi connectivity index (χ1n) is 11.8. The van der Waals surface area contributed by atoms with Crippen LogP contribution in [0.25, 0.3) is 11.6 Å². The number of nitrogens with zero attached hydrogens (tertiary/aromatic N) is 5. The summed E-state index contributed by atoms with van der Waals surface area (Å²) in [5.41, 5.74) is 0.685. The first-order chi connectivity index (χ1) is 15.7. The Morgan fingerprint density at radius 3 is 2.61 bits per heavy atom. The lowest BCUT2D eigenvalue weighted by molar-refractivity contribution is 0.00395. The van der Waals surface area contributed by atoms with E-state index in [1.54, 1.807) is 6.20 Å². The van der Waals surface area contributed by atoms with Gasteiger partial charge in [0, 0.05) is 44.8 Å². The molecule has 0 aliphatic carbocycles. The molecule has 3 heterocycles. The molecule has 9 nitrogen and oxygen atoms in total. The second-order valence-corrected chi connectivity index (χ2v) is 7.92. The first kappa shape index (κ1) is 27.5. The number of guanidine groups is 1. The van der Waals surface area contributed by atoms with Gasteiger partial charge in [-0.1, -0.05) is 37.9 Å². The van der Waals surface area contributed by atoms with Crippen LogP contribution in [-0.2, 0) is 11.2 Å². The van der Waals surface area contributed by atoms with E-state index in [0.717, 1.165) is 58.2 Å². The van der Waals surface area contributed by atoms with Crippen LogP contribution >= 0.6 is 24.0 Å². The summed E-state index contributed by atoms with van der Waals surface area (Å²) in [5.74, 6) is 2.55. The SMILES string of the molecule is CCNC(=NCC(C(CC)CC)N1CCOCC1)NCCc1noc(-c2ccccn2)n1.I. The summed E-state index contributed by atoms with van der Waals surface area (Å²) in [6.45, 7) is 12.5. The van der Waals surface area contributed by atoms with Gasteiger partial charge in [-0.3, -0.25) is 14.9 Å². The molecule has 2 N–H and O–H groups in total. The number of ether oxygens (including phenoxy) is 1. The number of morpholine rings is 1. The largest absolute Gasteiger partial charge is 0.379 e. The van der Waals surface area contributed by atoms with E-state index in [2.05, 4.69) is 51.4 Å². The Balaban J connectivity index is 0.00000385. The summed E-state index contributed by atoms with van der Waals surface area (Å²) >= 11 is 0. The quantitative estimate of drug-likeness (QED) is 0.241. The Bertz CT molecular complexity index is 808. The van der Waals surface area contributed by atoms with Crippen molar-refractivity contribution >= 4 is 29.9 Å². The van der Waals surface area contributed by atoms with Gasteiger partial charge >= 0.3 is 0 Å². The molecular weight excluding hydrogens is 533 g/mol. The number of pyridine rings is 1. The van der Waals surface area contributed by atoms with E-state index in [9.17, 15) is 0 Å².